The summed E-state index contributed by atoms with van der Waals surface area (Å²) in [5.74, 6) is 6.03. The molecule has 22 heavy (non-hydrogen) atoms. The molecule has 0 aliphatic rings. The van der Waals surface area contributed by atoms with Gasteiger partial charge in [-0.1, -0.05) is 36.1 Å². The predicted molar refractivity (Wildman–Crippen MR) is 86.7 cm³/mol. The number of hydrogen-bond acceptors (Lipinski definition) is 2. The van der Waals surface area contributed by atoms with Crippen LogP contribution in [-0.2, 0) is 4.84 Å². The number of quaternary nitrogens is 1. The maximum absolute atomic E-state index is 8.98. The lowest BCUT2D eigenvalue weighted by Gasteiger charge is -2.06. The molecule has 0 radical (unpaired) electrons. The lowest BCUT2D eigenvalue weighted by Crippen LogP contribution is -2.76. The molecule has 2 N–H and O–H groups in total. The Kier molecular flexibility index (Phi) is 4.96. The molecule has 0 unspecified atom stereocenters. The Morgan fingerprint density at radius 3 is 2.36 bits per heavy atom. The Morgan fingerprint density at radius 2 is 1.73 bits per heavy atom. The van der Waals surface area contributed by atoms with Gasteiger partial charge in [-0.2, -0.15) is 10.7 Å². The summed E-state index contributed by atoms with van der Waals surface area (Å²) in [6.45, 7) is 3.62. The molecule has 0 aromatic heterocycles. The predicted octanol–water partition coefficient (Wildman–Crippen LogP) is 3.01. The highest BCUT2D eigenvalue weighted by Gasteiger charge is 2.11. The van der Waals surface area contributed by atoms with Gasteiger partial charge in [-0.3, -0.25) is 0 Å². The van der Waals surface area contributed by atoms with Crippen LogP contribution >= 0.6 is 0 Å². The van der Waals surface area contributed by atoms with E-state index < -0.39 is 5.41 Å². The van der Waals surface area contributed by atoms with Crippen LogP contribution < -0.4 is 5.48 Å². The van der Waals surface area contributed by atoms with Gasteiger partial charge in [0.25, 0.3) is 0 Å². The fourth-order valence-corrected chi connectivity index (χ4v) is 1.98. The van der Waals surface area contributed by atoms with Crippen LogP contribution in [0.2, 0.25) is 0 Å². The molecular weight excluding hydrogens is 272 g/mol. The summed E-state index contributed by atoms with van der Waals surface area (Å²) in [7, 11) is 1.65. The fraction of sp³-hybridized carbons (Fsp3) is 0.211. The SMILES string of the molecule is CO[NH2+]c1ccccc1-c1ccc(C#CC(C)(C)C#N)cc1. The molecule has 0 heterocycles. The summed E-state index contributed by atoms with van der Waals surface area (Å²) in [6, 6.07) is 18.3. The molecule has 3 nitrogen and oxygen atoms in total. The Morgan fingerprint density at radius 1 is 1.05 bits per heavy atom. The Bertz CT molecular complexity index is 743. The topological polar surface area (TPSA) is 49.6 Å². The second-order valence-electron chi connectivity index (χ2n) is 5.50. The molecule has 0 aliphatic heterocycles. The molecule has 2 aromatic rings. The van der Waals surface area contributed by atoms with Crippen LogP contribution in [0.3, 0.4) is 0 Å². The molecule has 0 saturated carbocycles. The Hall–Kier alpha value is -2.59. The van der Waals surface area contributed by atoms with Gasteiger partial charge in [-0.25, -0.2) is 4.84 Å². The van der Waals surface area contributed by atoms with Crippen molar-refractivity contribution in [2.75, 3.05) is 7.11 Å². The molecule has 2 rings (SSSR count). The lowest BCUT2D eigenvalue weighted by molar-refractivity contribution is -0.829. The average molecular weight is 291 g/mol. The van der Waals surface area contributed by atoms with Crippen molar-refractivity contribution in [2.24, 2.45) is 5.41 Å². The second-order valence-corrected chi connectivity index (χ2v) is 5.50. The first-order valence-corrected chi connectivity index (χ1v) is 7.05. The van der Waals surface area contributed by atoms with E-state index in [9.17, 15) is 0 Å². The average Bonchev–Trinajstić information content (AvgIpc) is 2.54. The number of nitriles is 1. The van der Waals surface area contributed by atoms with Crippen molar-refractivity contribution in [2.45, 2.75) is 13.8 Å². The Balaban J connectivity index is 2.29. The third-order valence-corrected chi connectivity index (χ3v) is 3.20. The van der Waals surface area contributed by atoms with Crippen LogP contribution in [0.5, 0.6) is 0 Å². The molecule has 0 amide bonds. The first-order valence-electron chi connectivity index (χ1n) is 7.05. The maximum atomic E-state index is 8.98. The van der Waals surface area contributed by atoms with Crippen LogP contribution in [0.1, 0.15) is 19.4 Å². The van der Waals surface area contributed by atoms with E-state index in [0.717, 1.165) is 22.4 Å². The van der Waals surface area contributed by atoms with Crippen molar-refractivity contribution in [3.8, 4) is 29.0 Å². The van der Waals surface area contributed by atoms with Gasteiger partial charge in [-0.15, -0.1) is 0 Å². The van der Waals surface area contributed by atoms with E-state index in [1.165, 1.54) is 0 Å². The van der Waals surface area contributed by atoms with Crippen LogP contribution in [-0.4, -0.2) is 7.11 Å². The summed E-state index contributed by atoms with van der Waals surface area (Å²) in [6.07, 6.45) is 0. The van der Waals surface area contributed by atoms with Crippen molar-refractivity contribution < 1.29 is 10.3 Å². The van der Waals surface area contributed by atoms with E-state index >= 15 is 0 Å². The van der Waals surface area contributed by atoms with Crippen molar-refractivity contribution in [1.82, 2.24) is 0 Å². The van der Waals surface area contributed by atoms with Gasteiger partial charge in [-0.05, 0) is 37.6 Å². The van der Waals surface area contributed by atoms with E-state index in [2.05, 4.69) is 24.0 Å². The molecule has 0 spiro atoms. The van der Waals surface area contributed by atoms with Gasteiger partial charge in [0.1, 0.15) is 5.41 Å². The zero-order valence-electron chi connectivity index (χ0n) is 13.1. The molecule has 110 valence electrons. The van der Waals surface area contributed by atoms with Gasteiger partial charge < -0.3 is 0 Å². The van der Waals surface area contributed by atoms with Gasteiger partial charge in [0.05, 0.1) is 13.2 Å². The third-order valence-electron chi connectivity index (χ3n) is 3.20. The van der Waals surface area contributed by atoms with E-state index in [0.29, 0.717) is 0 Å². The number of rotatable bonds is 3. The molecule has 0 atom stereocenters. The molecule has 0 aliphatic carbocycles. The molecular formula is C19H19N2O+. The van der Waals surface area contributed by atoms with E-state index in [1.54, 1.807) is 12.6 Å². The van der Waals surface area contributed by atoms with Crippen LogP contribution in [0, 0.1) is 28.6 Å². The minimum atomic E-state index is -0.626. The number of nitrogens with two attached hydrogens (primary N) is 1. The molecule has 3 heteroatoms. The van der Waals surface area contributed by atoms with Crippen molar-refractivity contribution >= 4 is 5.69 Å². The highest BCUT2D eigenvalue weighted by Crippen LogP contribution is 2.25. The second kappa shape index (κ2) is 6.91. The van der Waals surface area contributed by atoms with E-state index in [4.69, 9.17) is 10.1 Å². The van der Waals surface area contributed by atoms with Crippen LogP contribution in [0.25, 0.3) is 11.1 Å². The van der Waals surface area contributed by atoms with Crippen molar-refractivity contribution in [3.05, 3.63) is 54.1 Å². The fourth-order valence-electron chi connectivity index (χ4n) is 1.98. The normalized spacial score (nSPS) is 10.5. The highest BCUT2D eigenvalue weighted by atomic mass is 16.6. The summed E-state index contributed by atoms with van der Waals surface area (Å²) in [5, 5.41) is 8.98. The smallest absolute Gasteiger partial charge is 0.169 e. The number of nitrogens with zero attached hydrogens (tertiary/aromatic N) is 1. The van der Waals surface area contributed by atoms with E-state index in [-0.39, 0.29) is 0 Å². The summed E-state index contributed by atoms with van der Waals surface area (Å²) in [4.78, 5) is 5.12. The lowest BCUT2D eigenvalue weighted by atomic mass is 9.96. The quantitative estimate of drug-likeness (QED) is 0.537. The minimum Gasteiger partial charge on any atom is -0.204 e. The number of benzene rings is 2. The van der Waals surface area contributed by atoms with Gasteiger partial charge >= 0.3 is 0 Å². The first-order chi connectivity index (χ1) is 10.6. The molecule has 2 aromatic carbocycles. The summed E-state index contributed by atoms with van der Waals surface area (Å²) in [5.41, 5.74) is 5.27. The Labute approximate surface area is 131 Å². The maximum Gasteiger partial charge on any atom is 0.169 e. The van der Waals surface area contributed by atoms with Crippen molar-refractivity contribution in [3.63, 3.8) is 0 Å². The first kappa shape index (κ1) is 15.8. The highest BCUT2D eigenvalue weighted by molar-refractivity contribution is 5.73. The van der Waals surface area contributed by atoms with Crippen LogP contribution in [0.4, 0.5) is 5.69 Å². The van der Waals surface area contributed by atoms with Crippen molar-refractivity contribution in [1.29, 1.82) is 5.26 Å². The third kappa shape index (κ3) is 3.96. The largest absolute Gasteiger partial charge is 0.204 e. The standard InChI is InChI=1S/C19H18N2O/c1-19(2,14-20)13-12-15-8-10-16(11-9-15)17-6-4-5-7-18(17)21-22-3/h4-11,21H,1-3H3/p+1. The molecule has 0 bridgehead atoms. The molecule has 0 saturated heterocycles. The van der Waals surface area contributed by atoms with Gasteiger partial charge in [0.2, 0.25) is 0 Å². The van der Waals surface area contributed by atoms with Gasteiger partial charge in [0.15, 0.2) is 5.69 Å². The number of hydrogen-bond donors (Lipinski definition) is 1. The minimum absolute atomic E-state index is 0.626. The summed E-state index contributed by atoms with van der Waals surface area (Å²) < 4.78 is 0. The van der Waals surface area contributed by atoms with Gasteiger partial charge in [0, 0.05) is 17.2 Å². The monoisotopic (exact) mass is 291 g/mol. The van der Waals surface area contributed by atoms with E-state index in [1.807, 2.05) is 56.3 Å². The zero-order chi connectivity index (χ0) is 16.0. The van der Waals surface area contributed by atoms with Crippen LogP contribution in [0.15, 0.2) is 48.5 Å². The molecule has 0 fully saturated rings. The zero-order valence-corrected chi connectivity index (χ0v) is 13.1. The summed E-state index contributed by atoms with van der Waals surface area (Å²) >= 11 is 0.